The van der Waals surface area contributed by atoms with Crippen LogP contribution in [-0.4, -0.2) is 12.6 Å². The van der Waals surface area contributed by atoms with Gasteiger partial charge in [0.25, 0.3) is 0 Å². The zero-order chi connectivity index (χ0) is 13.9. The molecule has 1 rings (SSSR count). The summed E-state index contributed by atoms with van der Waals surface area (Å²) >= 11 is 6.62. The standard InChI is InChI=1S/C13H17Br2NO2/c1-13(2,3)4-5-18-12(17)9-6-8(14)7-10(15)11(9)16/h6-7H,4-5,16H2,1-3H3. The summed E-state index contributed by atoms with van der Waals surface area (Å²) in [5.74, 6) is -0.390. The van der Waals surface area contributed by atoms with Gasteiger partial charge in [-0.3, -0.25) is 0 Å². The van der Waals surface area contributed by atoms with Crippen molar-refractivity contribution in [1.82, 2.24) is 0 Å². The van der Waals surface area contributed by atoms with Crippen LogP contribution in [0.2, 0.25) is 0 Å². The largest absolute Gasteiger partial charge is 0.462 e. The van der Waals surface area contributed by atoms with Gasteiger partial charge in [-0.05, 0) is 39.9 Å². The van der Waals surface area contributed by atoms with E-state index in [1.807, 2.05) is 0 Å². The number of ether oxygens (including phenoxy) is 1. The van der Waals surface area contributed by atoms with Crippen molar-refractivity contribution in [1.29, 1.82) is 0 Å². The highest BCUT2D eigenvalue weighted by atomic mass is 79.9. The Morgan fingerprint density at radius 3 is 2.50 bits per heavy atom. The van der Waals surface area contributed by atoms with Crippen LogP contribution in [0.5, 0.6) is 0 Å². The number of nitrogens with two attached hydrogens (primary N) is 1. The fourth-order valence-corrected chi connectivity index (χ4v) is 2.51. The molecule has 0 atom stereocenters. The Hall–Kier alpha value is -0.550. The minimum atomic E-state index is -0.390. The second kappa shape index (κ2) is 6.06. The monoisotopic (exact) mass is 377 g/mol. The summed E-state index contributed by atoms with van der Waals surface area (Å²) < 4.78 is 6.70. The number of hydrogen-bond acceptors (Lipinski definition) is 3. The fraction of sp³-hybridized carbons (Fsp3) is 0.462. The van der Waals surface area contributed by atoms with Crippen LogP contribution in [-0.2, 0) is 4.74 Å². The predicted molar refractivity (Wildman–Crippen MR) is 80.6 cm³/mol. The van der Waals surface area contributed by atoms with Crippen molar-refractivity contribution in [3.8, 4) is 0 Å². The van der Waals surface area contributed by atoms with Gasteiger partial charge in [0.15, 0.2) is 0 Å². The van der Waals surface area contributed by atoms with Gasteiger partial charge >= 0.3 is 5.97 Å². The van der Waals surface area contributed by atoms with Crippen molar-refractivity contribution in [2.24, 2.45) is 5.41 Å². The first-order chi connectivity index (χ1) is 8.20. The first kappa shape index (κ1) is 15.5. The Balaban J connectivity index is 2.73. The van der Waals surface area contributed by atoms with Gasteiger partial charge in [0.05, 0.1) is 17.9 Å². The Morgan fingerprint density at radius 2 is 1.94 bits per heavy atom. The van der Waals surface area contributed by atoms with E-state index in [9.17, 15) is 4.79 Å². The lowest BCUT2D eigenvalue weighted by atomic mass is 9.93. The molecule has 0 spiro atoms. The highest BCUT2D eigenvalue weighted by Gasteiger charge is 2.16. The molecule has 5 heteroatoms. The quantitative estimate of drug-likeness (QED) is 0.626. The molecule has 1 aromatic carbocycles. The molecule has 18 heavy (non-hydrogen) atoms. The Bertz CT molecular complexity index is 453. The van der Waals surface area contributed by atoms with Crippen molar-refractivity contribution in [3.05, 3.63) is 26.6 Å². The minimum absolute atomic E-state index is 0.143. The van der Waals surface area contributed by atoms with E-state index in [4.69, 9.17) is 10.5 Å². The van der Waals surface area contributed by atoms with Gasteiger partial charge in [0.2, 0.25) is 0 Å². The first-order valence-corrected chi connectivity index (χ1v) is 7.21. The van der Waals surface area contributed by atoms with E-state index < -0.39 is 5.97 Å². The predicted octanol–water partition coefficient (Wildman–Crippen LogP) is 4.39. The summed E-state index contributed by atoms with van der Waals surface area (Å²) in [5.41, 5.74) is 6.77. The van der Waals surface area contributed by atoms with E-state index in [-0.39, 0.29) is 5.41 Å². The van der Waals surface area contributed by atoms with Crippen LogP contribution in [0.1, 0.15) is 37.6 Å². The highest BCUT2D eigenvalue weighted by Crippen LogP contribution is 2.29. The molecule has 0 fully saturated rings. The summed E-state index contributed by atoms with van der Waals surface area (Å²) in [6.07, 6.45) is 0.813. The van der Waals surface area contributed by atoms with Crippen molar-refractivity contribution >= 4 is 43.5 Å². The third-order valence-electron chi connectivity index (χ3n) is 2.40. The molecule has 0 radical (unpaired) electrons. The molecule has 2 N–H and O–H groups in total. The molecule has 0 unspecified atom stereocenters. The van der Waals surface area contributed by atoms with Crippen molar-refractivity contribution in [2.45, 2.75) is 27.2 Å². The molecule has 0 aliphatic carbocycles. The molecular weight excluding hydrogens is 362 g/mol. The fourth-order valence-electron chi connectivity index (χ4n) is 1.28. The second-order valence-corrected chi connectivity index (χ2v) is 7.07. The average Bonchev–Trinajstić information content (AvgIpc) is 2.21. The van der Waals surface area contributed by atoms with Crippen LogP contribution in [0.15, 0.2) is 21.1 Å². The maximum atomic E-state index is 11.9. The molecule has 0 aromatic heterocycles. The van der Waals surface area contributed by atoms with E-state index >= 15 is 0 Å². The second-order valence-electron chi connectivity index (χ2n) is 5.30. The van der Waals surface area contributed by atoms with Gasteiger partial charge in [-0.15, -0.1) is 0 Å². The first-order valence-electron chi connectivity index (χ1n) is 5.62. The van der Waals surface area contributed by atoms with Gasteiger partial charge in [-0.1, -0.05) is 36.7 Å². The Morgan fingerprint density at radius 1 is 1.33 bits per heavy atom. The van der Waals surface area contributed by atoms with Gasteiger partial charge in [0.1, 0.15) is 0 Å². The Labute approximate surface area is 124 Å². The molecule has 100 valence electrons. The van der Waals surface area contributed by atoms with Crippen LogP contribution in [0, 0.1) is 5.41 Å². The van der Waals surface area contributed by atoms with Crippen molar-refractivity contribution in [2.75, 3.05) is 12.3 Å². The number of nitrogen functional groups attached to an aromatic ring is 1. The lowest BCUT2D eigenvalue weighted by molar-refractivity contribution is 0.0466. The molecule has 1 aromatic rings. The van der Waals surface area contributed by atoms with E-state index in [1.165, 1.54) is 0 Å². The molecule has 0 amide bonds. The van der Waals surface area contributed by atoms with Gasteiger partial charge in [0, 0.05) is 8.95 Å². The van der Waals surface area contributed by atoms with Gasteiger partial charge in [-0.2, -0.15) is 0 Å². The number of carbonyl (C=O) groups excluding carboxylic acids is 1. The number of hydrogen-bond donors (Lipinski definition) is 1. The molecule has 0 heterocycles. The summed E-state index contributed by atoms with van der Waals surface area (Å²) in [5, 5.41) is 0. The van der Waals surface area contributed by atoms with Crippen LogP contribution < -0.4 is 5.73 Å². The number of esters is 1. The maximum absolute atomic E-state index is 11.9. The zero-order valence-electron chi connectivity index (χ0n) is 10.7. The van der Waals surface area contributed by atoms with E-state index in [0.29, 0.717) is 22.3 Å². The number of halogens is 2. The molecule has 3 nitrogen and oxygen atoms in total. The molecular formula is C13H17Br2NO2. The smallest absolute Gasteiger partial charge is 0.340 e. The highest BCUT2D eigenvalue weighted by molar-refractivity contribution is 9.11. The van der Waals surface area contributed by atoms with E-state index in [0.717, 1.165) is 10.9 Å². The third kappa shape index (κ3) is 4.61. The molecule has 0 aliphatic rings. The average molecular weight is 379 g/mol. The lowest BCUT2D eigenvalue weighted by Gasteiger charge is -2.17. The number of carbonyl (C=O) groups is 1. The summed E-state index contributed by atoms with van der Waals surface area (Å²) in [7, 11) is 0. The number of benzene rings is 1. The number of rotatable bonds is 3. The molecule has 0 saturated carbocycles. The summed E-state index contributed by atoms with van der Waals surface area (Å²) in [6, 6.07) is 3.46. The molecule has 0 aliphatic heterocycles. The molecule has 0 bridgehead atoms. The topological polar surface area (TPSA) is 52.3 Å². The number of anilines is 1. The van der Waals surface area contributed by atoms with Gasteiger partial charge in [-0.25, -0.2) is 4.79 Å². The van der Waals surface area contributed by atoms with Crippen LogP contribution in [0.4, 0.5) is 5.69 Å². The normalized spacial score (nSPS) is 11.4. The summed E-state index contributed by atoms with van der Waals surface area (Å²) in [4.78, 5) is 11.9. The van der Waals surface area contributed by atoms with Gasteiger partial charge < -0.3 is 10.5 Å². The lowest BCUT2D eigenvalue weighted by Crippen LogP contribution is -2.14. The van der Waals surface area contributed by atoms with Crippen LogP contribution in [0.3, 0.4) is 0 Å². The van der Waals surface area contributed by atoms with Crippen LogP contribution in [0.25, 0.3) is 0 Å². The van der Waals surface area contributed by atoms with Crippen molar-refractivity contribution < 1.29 is 9.53 Å². The summed E-state index contributed by atoms with van der Waals surface area (Å²) in [6.45, 7) is 6.70. The van der Waals surface area contributed by atoms with Crippen molar-refractivity contribution in [3.63, 3.8) is 0 Å². The SMILES string of the molecule is CC(C)(C)CCOC(=O)c1cc(Br)cc(Br)c1N. The zero-order valence-corrected chi connectivity index (χ0v) is 13.9. The van der Waals surface area contributed by atoms with E-state index in [1.54, 1.807) is 12.1 Å². The third-order valence-corrected chi connectivity index (χ3v) is 3.51. The van der Waals surface area contributed by atoms with E-state index in [2.05, 4.69) is 52.6 Å². The van der Waals surface area contributed by atoms with Crippen LogP contribution >= 0.6 is 31.9 Å². The minimum Gasteiger partial charge on any atom is -0.462 e. The Kier molecular flexibility index (Phi) is 5.22. The maximum Gasteiger partial charge on any atom is 0.340 e. The molecule has 0 saturated heterocycles.